The van der Waals surface area contributed by atoms with E-state index in [-0.39, 0.29) is 0 Å². The van der Waals surface area contributed by atoms with Gasteiger partial charge in [-0.05, 0) is 24.9 Å². The molecule has 3 nitrogen and oxygen atoms in total. The quantitative estimate of drug-likeness (QED) is 0.912. The third-order valence-electron chi connectivity index (χ3n) is 3.64. The first-order valence-corrected chi connectivity index (χ1v) is 8.21. The van der Waals surface area contributed by atoms with Crippen molar-refractivity contribution in [3.05, 3.63) is 36.0 Å². The fourth-order valence-electron chi connectivity index (χ4n) is 2.56. The first-order chi connectivity index (χ1) is 9.88. The molecule has 4 heteroatoms. The fourth-order valence-corrected chi connectivity index (χ4v) is 3.70. The summed E-state index contributed by atoms with van der Waals surface area (Å²) in [4.78, 5) is 8.62. The summed E-state index contributed by atoms with van der Waals surface area (Å²) in [6.07, 6.45) is 2.59. The maximum atomic E-state index is 4.89. The summed E-state index contributed by atoms with van der Waals surface area (Å²) in [5.41, 5.74) is 2.47. The molecule has 0 bridgehead atoms. The molecule has 1 aromatic carbocycles. The minimum Gasteiger partial charge on any atom is -0.348 e. The molecule has 0 aliphatic carbocycles. The minimum absolute atomic E-state index is 0.852. The van der Waals surface area contributed by atoms with Crippen LogP contribution in [-0.2, 0) is 6.54 Å². The summed E-state index contributed by atoms with van der Waals surface area (Å²) >= 11 is 1.84. The SMILES string of the molecule is CCNCc1nc(N2CCCC2)sc1-c1ccccc1. The maximum absolute atomic E-state index is 4.89. The van der Waals surface area contributed by atoms with Crippen LogP contribution in [0.3, 0.4) is 0 Å². The van der Waals surface area contributed by atoms with Gasteiger partial charge in [0.1, 0.15) is 0 Å². The maximum Gasteiger partial charge on any atom is 0.186 e. The molecule has 1 saturated heterocycles. The molecule has 1 aliphatic rings. The van der Waals surface area contributed by atoms with E-state index in [9.17, 15) is 0 Å². The van der Waals surface area contributed by atoms with Gasteiger partial charge in [-0.2, -0.15) is 0 Å². The van der Waals surface area contributed by atoms with Crippen molar-refractivity contribution in [3.8, 4) is 10.4 Å². The van der Waals surface area contributed by atoms with Gasteiger partial charge in [-0.1, -0.05) is 48.6 Å². The molecule has 3 rings (SSSR count). The number of nitrogens with zero attached hydrogens (tertiary/aromatic N) is 2. The molecule has 1 aromatic heterocycles. The summed E-state index contributed by atoms with van der Waals surface area (Å²) in [5.74, 6) is 0. The van der Waals surface area contributed by atoms with Crippen LogP contribution in [0.5, 0.6) is 0 Å². The number of hydrogen-bond donors (Lipinski definition) is 1. The Labute approximate surface area is 124 Å². The number of benzene rings is 1. The molecule has 0 saturated carbocycles. The zero-order valence-corrected chi connectivity index (χ0v) is 12.7. The first-order valence-electron chi connectivity index (χ1n) is 7.39. The van der Waals surface area contributed by atoms with E-state index in [2.05, 4.69) is 47.5 Å². The lowest BCUT2D eigenvalue weighted by molar-refractivity contribution is 0.714. The smallest absolute Gasteiger partial charge is 0.186 e. The van der Waals surface area contributed by atoms with Crippen molar-refractivity contribution >= 4 is 16.5 Å². The highest BCUT2D eigenvalue weighted by Crippen LogP contribution is 2.36. The summed E-state index contributed by atoms with van der Waals surface area (Å²) in [5, 5.41) is 4.59. The third-order valence-corrected chi connectivity index (χ3v) is 4.85. The van der Waals surface area contributed by atoms with Gasteiger partial charge in [0.2, 0.25) is 0 Å². The van der Waals surface area contributed by atoms with Gasteiger partial charge in [-0.3, -0.25) is 0 Å². The van der Waals surface area contributed by atoms with Crippen molar-refractivity contribution in [1.82, 2.24) is 10.3 Å². The van der Waals surface area contributed by atoms with Gasteiger partial charge in [0.25, 0.3) is 0 Å². The van der Waals surface area contributed by atoms with Crippen LogP contribution in [0.15, 0.2) is 30.3 Å². The van der Waals surface area contributed by atoms with E-state index in [4.69, 9.17) is 4.98 Å². The number of nitrogens with one attached hydrogen (secondary N) is 1. The average molecular weight is 287 g/mol. The predicted molar refractivity (Wildman–Crippen MR) is 86.4 cm³/mol. The van der Waals surface area contributed by atoms with Gasteiger partial charge in [0, 0.05) is 19.6 Å². The molecule has 2 aromatic rings. The van der Waals surface area contributed by atoms with E-state index in [0.29, 0.717) is 0 Å². The Morgan fingerprint density at radius 2 is 1.95 bits per heavy atom. The molecule has 1 N–H and O–H groups in total. The summed E-state index contributed by atoms with van der Waals surface area (Å²) in [6.45, 7) is 6.27. The lowest BCUT2D eigenvalue weighted by Crippen LogP contribution is -2.18. The van der Waals surface area contributed by atoms with Crippen LogP contribution in [0.1, 0.15) is 25.5 Å². The van der Waals surface area contributed by atoms with Crippen molar-refractivity contribution in [1.29, 1.82) is 0 Å². The number of aromatic nitrogens is 1. The number of hydrogen-bond acceptors (Lipinski definition) is 4. The second-order valence-electron chi connectivity index (χ2n) is 5.11. The van der Waals surface area contributed by atoms with Crippen molar-refractivity contribution in [2.45, 2.75) is 26.3 Å². The molecule has 0 atom stereocenters. The average Bonchev–Trinajstić information content (AvgIpc) is 3.15. The molecule has 0 unspecified atom stereocenters. The standard InChI is InChI=1S/C16H21N3S/c1-2-17-12-14-15(13-8-4-3-5-9-13)20-16(18-14)19-10-6-7-11-19/h3-5,8-9,17H,2,6-7,10-12H2,1H3. The second kappa shape index (κ2) is 6.37. The molecule has 1 fully saturated rings. The zero-order chi connectivity index (χ0) is 13.8. The highest BCUT2D eigenvalue weighted by atomic mass is 32.1. The molecule has 1 aliphatic heterocycles. The lowest BCUT2D eigenvalue weighted by Gasteiger charge is -2.12. The summed E-state index contributed by atoms with van der Waals surface area (Å²) in [6, 6.07) is 10.6. The Balaban J connectivity index is 1.93. The highest BCUT2D eigenvalue weighted by Gasteiger charge is 2.19. The molecule has 106 valence electrons. The van der Waals surface area contributed by atoms with Crippen LogP contribution in [-0.4, -0.2) is 24.6 Å². The van der Waals surface area contributed by atoms with Crippen molar-refractivity contribution in [3.63, 3.8) is 0 Å². The van der Waals surface area contributed by atoms with E-state index in [0.717, 1.165) is 26.2 Å². The van der Waals surface area contributed by atoms with Crippen LogP contribution in [0, 0.1) is 0 Å². The third kappa shape index (κ3) is 2.86. The minimum atomic E-state index is 0.852. The second-order valence-corrected chi connectivity index (χ2v) is 6.09. The molecule has 0 amide bonds. The molecular weight excluding hydrogens is 266 g/mol. The normalized spacial score (nSPS) is 14.9. The Morgan fingerprint density at radius 1 is 1.20 bits per heavy atom. The van der Waals surface area contributed by atoms with E-state index in [1.807, 2.05) is 11.3 Å². The Morgan fingerprint density at radius 3 is 2.65 bits per heavy atom. The monoisotopic (exact) mass is 287 g/mol. The number of rotatable bonds is 5. The van der Waals surface area contributed by atoms with Crippen molar-refractivity contribution in [2.75, 3.05) is 24.5 Å². The molecular formula is C16H21N3S. The van der Waals surface area contributed by atoms with Crippen molar-refractivity contribution in [2.24, 2.45) is 0 Å². The van der Waals surface area contributed by atoms with Crippen LogP contribution in [0.2, 0.25) is 0 Å². The Kier molecular flexibility index (Phi) is 4.33. The summed E-state index contributed by atoms with van der Waals surface area (Å²) in [7, 11) is 0. The molecule has 20 heavy (non-hydrogen) atoms. The van der Waals surface area contributed by atoms with E-state index < -0.39 is 0 Å². The fraction of sp³-hybridized carbons (Fsp3) is 0.438. The summed E-state index contributed by atoms with van der Waals surface area (Å²) < 4.78 is 0. The van der Waals surface area contributed by atoms with Gasteiger partial charge in [0.15, 0.2) is 5.13 Å². The largest absolute Gasteiger partial charge is 0.348 e. The van der Waals surface area contributed by atoms with E-state index in [1.54, 1.807) is 0 Å². The topological polar surface area (TPSA) is 28.2 Å². The lowest BCUT2D eigenvalue weighted by atomic mass is 10.1. The van der Waals surface area contributed by atoms with Gasteiger partial charge in [0.05, 0.1) is 10.6 Å². The van der Waals surface area contributed by atoms with Crippen LogP contribution in [0.25, 0.3) is 10.4 Å². The van der Waals surface area contributed by atoms with Gasteiger partial charge in [-0.15, -0.1) is 0 Å². The number of thiazole rings is 1. The zero-order valence-electron chi connectivity index (χ0n) is 11.9. The Bertz CT molecular complexity index is 544. The molecule has 0 radical (unpaired) electrons. The van der Waals surface area contributed by atoms with Gasteiger partial charge < -0.3 is 10.2 Å². The molecule has 2 heterocycles. The van der Waals surface area contributed by atoms with Gasteiger partial charge in [-0.25, -0.2) is 4.98 Å². The first kappa shape index (κ1) is 13.6. The van der Waals surface area contributed by atoms with Crippen molar-refractivity contribution < 1.29 is 0 Å². The van der Waals surface area contributed by atoms with Crippen LogP contribution in [0.4, 0.5) is 5.13 Å². The number of anilines is 1. The molecule has 0 spiro atoms. The van der Waals surface area contributed by atoms with E-state index >= 15 is 0 Å². The Hall–Kier alpha value is -1.39. The predicted octanol–water partition coefficient (Wildman–Crippen LogP) is 3.52. The van der Waals surface area contributed by atoms with Crippen LogP contribution >= 0.6 is 11.3 Å². The van der Waals surface area contributed by atoms with Crippen LogP contribution < -0.4 is 10.2 Å². The highest BCUT2D eigenvalue weighted by molar-refractivity contribution is 7.19. The van der Waals surface area contributed by atoms with E-state index in [1.165, 1.54) is 34.1 Å². The van der Waals surface area contributed by atoms with Gasteiger partial charge >= 0.3 is 0 Å².